The Balaban J connectivity index is 1.46. The molecule has 26 heavy (non-hydrogen) atoms. The Kier molecular flexibility index (Phi) is 4.96. The molecule has 4 rings (SSSR count). The van der Waals surface area contributed by atoms with Crippen LogP contribution in [-0.4, -0.2) is 49.2 Å². The van der Waals surface area contributed by atoms with Gasteiger partial charge in [-0.2, -0.15) is 0 Å². The third-order valence-electron chi connectivity index (χ3n) is 5.46. The molecule has 5 nitrogen and oxygen atoms in total. The highest BCUT2D eigenvalue weighted by molar-refractivity contribution is 5.54. The Bertz CT molecular complexity index is 746. The second-order valence-electron chi connectivity index (χ2n) is 7.49. The van der Waals surface area contributed by atoms with Gasteiger partial charge in [0.1, 0.15) is 17.5 Å². The second-order valence-corrected chi connectivity index (χ2v) is 7.49. The quantitative estimate of drug-likeness (QED) is 0.847. The minimum absolute atomic E-state index is 0.879. The van der Waals surface area contributed by atoms with Gasteiger partial charge in [0.15, 0.2) is 0 Å². The average Bonchev–Trinajstić information content (AvgIpc) is 2.68. The molecule has 0 unspecified atom stereocenters. The summed E-state index contributed by atoms with van der Waals surface area (Å²) >= 11 is 0. The molecular formula is C21H29N5. The van der Waals surface area contributed by atoms with E-state index in [0.29, 0.717) is 0 Å². The Morgan fingerprint density at radius 1 is 0.692 bits per heavy atom. The first-order chi connectivity index (χ1) is 12.7. The standard InChI is InChI=1S/C21H29N5/c1-17-7-6-8-19(15-17)24-11-13-26(14-12-24)21-16-20(22-18(2)23-21)25-9-4-3-5-10-25/h6-8,15-16H,3-5,9-14H2,1-2H3. The van der Waals surface area contributed by atoms with Crippen molar-refractivity contribution in [3.05, 3.63) is 41.7 Å². The molecule has 0 bridgehead atoms. The van der Waals surface area contributed by atoms with E-state index in [0.717, 1.165) is 56.7 Å². The van der Waals surface area contributed by atoms with E-state index in [9.17, 15) is 0 Å². The van der Waals surface area contributed by atoms with Gasteiger partial charge in [-0.25, -0.2) is 9.97 Å². The molecule has 1 aromatic heterocycles. The molecule has 2 saturated heterocycles. The van der Waals surface area contributed by atoms with E-state index in [1.54, 1.807) is 0 Å². The number of benzene rings is 1. The van der Waals surface area contributed by atoms with E-state index >= 15 is 0 Å². The molecule has 0 amide bonds. The van der Waals surface area contributed by atoms with Crippen molar-refractivity contribution in [1.82, 2.24) is 9.97 Å². The van der Waals surface area contributed by atoms with Crippen LogP contribution in [0.1, 0.15) is 30.7 Å². The molecule has 5 heteroatoms. The molecule has 2 fully saturated rings. The van der Waals surface area contributed by atoms with Gasteiger partial charge >= 0.3 is 0 Å². The van der Waals surface area contributed by atoms with Crippen LogP contribution in [0.3, 0.4) is 0 Å². The number of anilines is 3. The number of rotatable bonds is 3. The summed E-state index contributed by atoms with van der Waals surface area (Å²) in [5.41, 5.74) is 2.65. The molecule has 3 heterocycles. The predicted octanol–water partition coefficient (Wildman–Crippen LogP) is 3.41. The van der Waals surface area contributed by atoms with Gasteiger partial charge in [-0.05, 0) is 50.8 Å². The minimum Gasteiger partial charge on any atom is -0.368 e. The van der Waals surface area contributed by atoms with Gasteiger partial charge in [-0.1, -0.05) is 12.1 Å². The Hall–Kier alpha value is -2.30. The summed E-state index contributed by atoms with van der Waals surface area (Å²) in [6, 6.07) is 11.0. The van der Waals surface area contributed by atoms with Gasteiger partial charge in [-0.3, -0.25) is 0 Å². The lowest BCUT2D eigenvalue weighted by Crippen LogP contribution is -2.47. The fraction of sp³-hybridized carbons (Fsp3) is 0.524. The van der Waals surface area contributed by atoms with E-state index in [4.69, 9.17) is 9.97 Å². The maximum atomic E-state index is 4.73. The van der Waals surface area contributed by atoms with Gasteiger partial charge in [0.25, 0.3) is 0 Å². The Morgan fingerprint density at radius 3 is 1.96 bits per heavy atom. The Morgan fingerprint density at radius 2 is 1.31 bits per heavy atom. The maximum absolute atomic E-state index is 4.73. The van der Waals surface area contributed by atoms with Crippen LogP contribution in [0, 0.1) is 13.8 Å². The molecule has 0 atom stereocenters. The number of piperidine rings is 1. The van der Waals surface area contributed by atoms with Crippen LogP contribution in [0.2, 0.25) is 0 Å². The average molecular weight is 351 g/mol. The lowest BCUT2D eigenvalue weighted by Gasteiger charge is -2.37. The van der Waals surface area contributed by atoms with Gasteiger partial charge in [0.2, 0.25) is 0 Å². The summed E-state index contributed by atoms with van der Waals surface area (Å²) in [6.07, 6.45) is 3.88. The molecule has 0 radical (unpaired) electrons. The highest BCUT2D eigenvalue weighted by Gasteiger charge is 2.21. The van der Waals surface area contributed by atoms with Crippen LogP contribution in [0.5, 0.6) is 0 Å². The molecule has 1 aromatic carbocycles. The Labute approximate surface area is 156 Å². The zero-order chi connectivity index (χ0) is 17.9. The van der Waals surface area contributed by atoms with Crippen LogP contribution in [0.25, 0.3) is 0 Å². The van der Waals surface area contributed by atoms with E-state index in [1.165, 1.54) is 30.5 Å². The largest absolute Gasteiger partial charge is 0.368 e. The summed E-state index contributed by atoms with van der Waals surface area (Å²) < 4.78 is 0. The van der Waals surface area contributed by atoms with Crippen molar-refractivity contribution in [3.63, 3.8) is 0 Å². The summed E-state index contributed by atoms with van der Waals surface area (Å²) in [5, 5.41) is 0. The van der Waals surface area contributed by atoms with Crippen molar-refractivity contribution in [2.24, 2.45) is 0 Å². The van der Waals surface area contributed by atoms with E-state index < -0.39 is 0 Å². The van der Waals surface area contributed by atoms with Crippen molar-refractivity contribution in [3.8, 4) is 0 Å². The fourth-order valence-corrected chi connectivity index (χ4v) is 4.00. The molecule has 0 aliphatic carbocycles. The van der Waals surface area contributed by atoms with Gasteiger partial charge < -0.3 is 14.7 Å². The number of aromatic nitrogens is 2. The number of aryl methyl sites for hydroxylation is 2. The summed E-state index contributed by atoms with van der Waals surface area (Å²) in [4.78, 5) is 16.7. The van der Waals surface area contributed by atoms with Crippen molar-refractivity contribution < 1.29 is 0 Å². The summed E-state index contributed by atoms with van der Waals surface area (Å²) in [6.45, 7) is 10.5. The normalized spacial score (nSPS) is 18.3. The molecule has 2 aliphatic heterocycles. The van der Waals surface area contributed by atoms with Crippen molar-refractivity contribution in [2.45, 2.75) is 33.1 Å². The van der Waals surface area contributed by atoms with Gasteiger partial charge in [-0.15, -0.1) is 0 Å². The van der Waals surface area contributed by atoms with Gasteiger partial charge in [0, 0.05) is 51.0 Å². The lowest BCUT2D eigenvalue weighted by atomic mass is 10.1. The highest BCUT2D eigenvalue weighted by atomic mass is 15.3. The fourth-order valence-electron chi connectivity index (χ4n) is 4.00. The van der Waals surface area contributed by atoms with Crippen LogP contribution >= 0.6 is 0 Å². The van der Waals surface area contributed by atoms with Crippen LogP contribution in [0.15, 0.2) is 30.3 Å². The van der Waals surface area contributed by atoms with Crippen molar-refractivity contribution in [2.75, 3.05) is 54.0 Å². The SMILES string of the molecule is Cc1cccc(N2CCN(c3cc(N4CCCCC4)nc(C)n3)CC2)c1. The molecule has 2 aromatic rings. The third-order valence-corrected chi connectivity index (χ3v) is 5.46. The number of hydrogen-bond acceptors (Lipinski definition) is 5. The van der Waals surface area contributed by atoms with Crippen LogP contribution in [0.4, 0.5) is 17.3 Å². The number of hydrogen-bond donors (Lipinski definition) is 0. The minimum atomic E-state index is 0.879. The maximum Gasteiger partial charge on any atom is 0.134 e. The number of nitrogens with zero attached hydrogens (tertiary/aromatic N) is 5. The summed E-state index contributed by atoms with van der Waals surface area (Å²) in [5.74, 6) is 3.07. The highest BCUT2D eigenvalue weighted by Crippen LogP contribution is 2.24. The summed E-state index contributed by atoms with van der Waals surface area (Å²) in [7, 11) is 0. The molecule has 2 aliphatic rings. The molecule has 138 valence electrons. The zero-order valence-corrected chi connectivity index (χ0v) is 16.0. The van der Waals surface area contributed by atoms with Crippen LogP contribution < -0.4 is 14.7 Å². The zero-order valence-electron chi connectivity index (χ0n) is 16.0. The van der Waals surface area contributed by atoms with Gasteiger partial charge in [0.05, 0.1) is 0 Å². The third kappa shape index (κ3) is 3.76. The molecule has 0 spiro atoms. The van der Waals surface area contributed by atoms with Crippen molar-refractivity contribution >= 4 is 17.3 Å². The topological polar surface area (TPSA) is 35.5 Å². The molecular weight excluding hydrogens is 322 g/mol. The lowest BCUT2D eigenvalue weighted by molar-refractivity contribution is 0.572. The predicted molar refractivity (Wildman–Crippen MR) is 108 cm³/mol. The molecule has 0 N–H and O–H groups in total. The van der Waals surface area contributed by atoms with Crippen molar-refractivity contribution in [1.29, 1.82) is 0 Å². The monoisotopic (exact) mass is 351 g/mol. The second kappa shape index (κ2) is 7.52. The number of piperazine rings is 1. The molecule has 0 saturated carbocycles. The first-order valence-electron chi connectivity index (χ1n) is 9.86. The van der Waals surface area contributed by atoms with E-state index in [-0.39, 0.29) is 0 Å². The first-order valence-corrected chi connectivity index (χ1v) is 9.86. The van der Waals surface area contributed by atoms with Crippen LogP contribution in [-0.2, 0) is 0 Å². The first kappa shape index (κ1) is 17.1. The smallest absolute Gasteiger partial charge is 0.134 e. The van der Waals surface area contributed by atoms with E-state index in [1.807, 2.05) is 6.92 Å². The van der Waals surface area contributed by atoms with E-state index in [2.05, 4.69) is 52.0 Å².